The first-order valence-corrected chi connectivity index (χ1v) is 10.1. The Morgan fingerprint density at radius 3 is 2.82 bits per heavy atom. The number of nitrogens with one attached hydrogen (secondary N) is 1. The smallest absolute Gasteiger partial charge is 0.407 e. The van der Waals surface area contributed by atoms with Crippen LogP contribution in [0, 0.1) is 0 Å². The normalized spacial score (nSPS) is 29.1. The fourth-order valence-electron chi connectivity index (χ4n) is 3.32. The molecule has 0 radical (unpaired) electrons. The van der Waals surface area contributed by atoms with Crippen LogP contribution in [0.15, 0.2) is 30.0 Å². The van der Waals surface area contributed by atoms with Crippen molar-refractivity contribution in [1.82, 2.24) is 15.2 Å². The molecule has 10 nitrogen and oxygen atoms in total. The number of carbonyl (C=O) groups is 3. The third-order valence-electron chi connectivity index (χ3n) is 4.89. The number of ether oxygens (including phenoxy) is 1. The molecule has 28 heavy (non-hydrogen) atoms. The van der Waals surface area contributed by atoms with Gasteiger partial charge in [-0.25, -0.2) is 13.2 Å². The van der Waals surface area contributed by atoms with Gasteiger partial charge in [-0.15, -0.1) is 0 Å². The van der Waals surface area contributed by atoms with Gasteiger partial charge in [-0.1, -0.05) is 6.07 Å². The molecule has 0 spiro atoms. The van der Waals surface area contributed by atoms with Crippen LogP contribution in [-0.4, -0.2) is 72.4 Å². The number of β-lactam (4-membered cyclic amide) rings is 1. The van der Waals surface area contributed by atoms with E-state index in [1.54, 1.807) is 18.2 Å². The van der Waals surface area contributed by atoms with E-state index in [9.17, 15) is 22.8 Å². The highest BCUT2D eigenvalue weighted by atomic mass is 32.2. The first kappa shape index (κ1) is 20.0. The van der Waals surface area contributed by atoms with Gasteiger partial charge in [0.15, 0.2) is 15.2 Å². The Bertz CT molecular complexity index is 932. The molecule has 2 aliphatic heterocycles. The van der Waals surface area contributed by atoms with Crippen LogP contribution in [-0.2, 0) is 24.2 Å². The molecule has 1 aromatic rings. The van der Waals surface area contributed by atoms with Crippen molar-refractivity contribution >= 4 is 34.2 Å². The largest absolute Gasteiger partial charge is 0.448 e. The SMILES string of the molecule is CC1(COC(=O)NCCN)C(C=O)N2C(=O)/C(=C/c3ccccn3)C2S1(=O)=O. The van der Waals surface area contributed by atoms with Gasteiger partial charge in [0.2, 0.25) is 0 Å². The second-order valence-electron chi connectivity index (χ2n) is 6.65. The number of amides is 2. The Morgan fingerprint density at radius 2 is 2.21 bits per heavy atom. The molecule has 2 aliphatic rings. The number of pyridine rings is 1. The summed E-state index contributed by atoms with van der Waals surface area (Å²) in [4.78, 5) is 41.0. The molecule has 0 saturated carbocycles. The van der Waals surface area contributed by atoms with Crippen LogP contribution in [0.1, 0.15) is 12.6 Å². The molecule has 0 aromatic carbocycles. The van der Waals surface area contributed by atoms with E-state index in [0.717, 1.165) is 4.90 Å². The first-order chi connectivity index (χ1) is 13.3. The minimum atomic E-state index is -4.06. The summed E-state index contributed by atoms with van der Waals surface area (Å²) in [7, 11) is -4.06. The summed E-state index contributed by atoms with van der Waals surface area (Å²) in [6.07, 6.45) is 2.46. The Labute approximate surface area is 161 Å². The van der Waals surface area contributed by atoms with Gasteiger partial charge in [-0.2, -0.15) is 0 Å². The van der Waals surface area contributed by atoms with E-state index in [0.29, 0.717) is 12.0 Å². The lowest BCUT2D eigenvalue weighted by atomic mass is 9.95. The van der Waals surface area contributed by atoms with Crippen molar-refractivity contribution in [3.63, 3.8) is 0 Å². The van der Waals surface area contributed by atoms with E-state index in [2.05, 4.69) is 10.3 Å². The minimum absolute atomic E-state index is 0.0295. The minimum Gasteiger partial charge on any atom is -0.448 e. The zero-order valence-corrected chi connectivity index (χ0v) is 15.9. The van der Waals surface area contributed by atoms with E-state index in [1.807, 2.05) is 0 Å². The summed E-state index contributed by atoms with van der Waals surface area (Å²) >= 11 is 0. The van der Waals surface area contributed by atoms with Crippen LogP contribution < -0.4 is 11.1 Å². The number of carbonyl (C=O) groups excluding carboxylic acids is 3. The third-order valence-corrected chi connectivity index (χ3v) is 7.62. The Morgan fingerprint density at radius 1 is 1.46 bits per heavy atom. The number of aromatic nitrogens is 1. The van der Waals surface area contributed by atoms with Gasteiger partial charge < -0.3 is 25.5 Å². The van der Waals surface area contributed by atoms with Gasteiger partial charge >= 0.3 is 6.09 Å². The number of nitrogens with two attached hydrogens (primary N) is 1. The molecular weight excluding hydrogens is 388 g/mol. The number of hydrogen-bond acceptors (Lipinski definition) is 8. The number of nitrogens with zero attached hydrogens (tertiary/aromatic N) is 2. The van der Waals surface area contributed by atoms with Crippen LogP contribution >= 0.6 is 0 Å². The zero-order chi connectivity index (χ0) is 20.5. The van der Waals surface area contributed by atoms with Gasteiger partial charge in [-0.3, -0.25) is 9.78 Å². The summed E-state index contributed by atoms with van der Waals surface area (Å²) in [6.45, 7) is 1.06. The van der Waals surface area contributed by atoms with Crippen LogP contribution in [0.2, 0.25) is 0 Å². The van der Waals surface area contributed by atoms with Crippen molar-refractivity contribution in [2.24, 2.45) is 5.73 Å². The van der Waals surface area contributed by atoms with Crippen molar-refractivity contribution in [3.8, 4) is 0 Å². The highest BCUT2D eigenvalue weighted by Gasteiger charge is 2.70. The lowest BCUT2D eigenvalue weighted by molar-refractivity contribution is -0.139. The Hall–Kier alpha value is -2.79. The summed E-state index contributed by atoms with van der Waals surface area (Å²) in [5.41, 5.74) is 5.73. The lowest BCUT2D eigenvalue weighted by Gasteiger charge is -2.37. The molecule has 2 saturated heterocycles. The molecule has 11 heteroatoms. The van der Waals surface area contributed by atoms with Gasteiger partial charge in [0.05, 0.1) is 11.3 Å². The fourth-order valence-corrected chi connectivity index (χ4v) is 5.58. The molecule has 2 amide bonds. The highest BCUT2D eigenvalue weighted by molar-refractivity contribution is 7.94. The van der Waals surface area contributed by atoms with E-state index in [-0.39, 0.29) is 18.7 Å². The van der Waals surface area contributed by atoms with E-state index in [1.165, 1.54) is 19.2 Å². The van der Waals surface area contributed by atoms with Crippen molar-refractivity contribution in [1.29, 1.82) is 0 Å². The molecule has 3 heterocycles. The van der Waals surface area contributed by atoms with Crippen LogP contribution in [0.4, 0.5) is 4.79 Å². The van der Waals surface area contributed by atoms with Gasteiger partial charge in [0.25, 0.3) is 5.91 Å². The van der Waals surface area contributed by atoms with Crippen LogP contribution in [0.5, 0.6) is 0 Å². The average Bonchev–Trinajstić information content (AvgIpc) is 2.84. The number of sulfone groups is 1. The van der Waals surface area contributed by atoms with E-state index in [4.69, 9.17) is 10.5 Å². The standard InChI is InChI=1S/C17H20N4O6S/c1-17(10-27-16(24)20-7-5-18)13(9-22)21-14(23)12(15(21)28(17,25)26)8-11-4-2-3-6-19-11/h2-4,6,8-9,13,15H,5,7,10,18H2,1H3,(H,20,24)/b12-8-. The van der Waals surface area contributed by atoms with Crippen LogP contribution in [0.25, 0.3) is 6.08 Å². The van der Waals surface area contributed by atoms with Crippen molar-refractivity contribution in [2.45, 2.75) is 23.1 Å². The fraction of sp³-hybridized carbons (Fsp3) is 0.412. The van der Waals surface area contributed by atoms with Gasteiger partial charge in [0.1, 0.15) is 23.7 Å². The first-order valence-electron chi connectivity index (χ1n) is 8.52. The molecule has 3 unspecified atom stereocenters. The Kier molecular flexibility index (Phi) is 5.22. The zero-order valence-electron chi connectivity index (χ0n) is 15.1. The molecule has 1 aromatic heterocycles. The average molecular weight is 408 g/mol. The second kappa shape index (κ2) is 7.32. The maximum Gasteiger partial charge on any atom is 0.407 e. The number of rotatable bonds is 6. The topological polar surface area (TPSA) is 149 Å². The molecule has 3 rings (SSSR count). The number of alkyl carbamates (subject to hydrolysis) is 1. The number of aldehydes is 1. The summed E-state index contributed by atoms with van der Waals surface area (Å²) in [5, 5.41) is 1.07. The molecule has 150 valence electrons. The molecule has 3 atom stereocenters. The second-order valence-corrected chi connectivity index (χ2v) is 9.12. The molecular formula is C17H20N4O6S. The Balaban J connectivity index is 1.90. The number of hydrogen-bond donors (Lipinski definition) is 2. The maximum atomic E-state index is 13.2. The molecule has 2 fully saturated rings. The lowest BCUT2D eigenvalue weighted by Crippen LogP contribution is -2.57. The van der Waals surface area contributed by atoms with Gasteiger partial charge in [0, 0.05) is 19.3 Å². The van der Waals surface area contributed by atoms with Gasteiger partial charge in [-0.05, 0) is 25.1 Å². The molecule has 3 N–H and O–H groups in total. The third kappa shape index (κ3) is 2.96. The highest BCUT2D eigenvalue weighted by Crippen LogP contribution is 2.48. The van der Waals surface area contributed by atoms with E-state index >= 15 is 0 Å². The maximum absolute atomic E-state index is 13.2. The van der Waals surface area contributed by atoms with Crippen molar-refractivity contribution in [3.05, 3.63) is 35.7 Å². The molecule has 0 aliphatic carbocycles. The number of fused-ring (bicyclic) bond motifs is 1. The predicted octanol–water partition coefficient (Wildman–Crippen LogP) is -0.927. The van der Waals surface area contributed by atoms with Crippen molar-refractivity contribution in [2.75, 3.05) is 19.7 Å². The molecule has 0 bridgehead atoms. The summed E-state index contributed by atoms with van der Waals surface area (Å²) < 4.78 is 29.6. The van der Waals surface area contributed by atoms with Crippen LogP contribution in [0.3, 0.4) is 0 Å². The predicted molar refractivity (Wildman–Crippen MR) is 98.4 cm³/mol. The summed E-state index contributed by atoms with van der Waals surface area (Å²) in [6, 6.07) is 3.76. The summed E-state index contributed by atoms with van der Waals surface area (Å²) in [5.74, 6) is -0.562. The monoisotopic (exact) mass is 408 g/mol. The van der Waals surface area contributed by atoms with E-state index < -0.39 is 44.6 Å². The quantitative estimate of drug-likeness (QED) is 0.348. The van der Waals surface area contributed by atoms with Crippen molar-refractivity contribution < 1.29 is 27.5 Å².